The van der Waals surface area contributed by atoms with Gasteiger partial charge in [-0.1, -0.05) is 0 Å². The smallest absolute Gasteiger partial charge is 0.0522 e. The van der Waals surface area contributed by atoms with Crippen LogP contribution >= 0.6 is 0 Å². The van der Waals surface area contributed by atoms with E-state index in [1.807, 2.05) is 6.20 Å². The molecular weight excluding hydrogens is 112 g/mol. The minimum atomic E-state index is 0.978. The summed E-state index contributed by atoms with van der Waals surface area (Å²) in [6.45, 7) is 0. The first-order chi connectivity index (χ1) is 4.47. The molecule has 9 heavy (non-hydrogen) atoms. The third-order valence-electron chi connectivity index (χ3n) is 1.67. The first-order valence-electron chi connectivity index (χ1n) is 3.18. The molecule has 1 aromatic heterocycles. The van der Waals surface area contributed by atoms with Crippen molar-refractivity contribution < 1.29 is 0 Å². The van der Waals surface area contributed by atoms with Crippen molar-refractivity contribution in [3.8, 4) is 0 Å². The lowest BCUT2D eigenvalue weighted by atomic mass is 9.99. The Kier molecular flexibility index (Phi) is 1.04. The topological polar surface area (TPSA) is 28.7 Å². The maximum absolute atomic E-state index is 3.94. The van der Waals surface area contributed by atoms with Gasteiger partial charge in [-0.05, 0) is 31.2 Å². The largest absolute Gasteiger partial charge is 0.282 e. The fourth-order valence-corrected chi connectivity index (χ4v) is 1.14. The normalized spacial score (nSPS) is 17.3. The zero-order valence-electron chi connectivity index (χ0n) is 5.15. The Bertz CT molecular complexity index is 182. The molecule has 0 unspecified atom stereocenters. The average Bonchev–Trinajstić information content (AvgIpc) is 2.33. The van der Waals surface area contributed by atoms with Gasteiger partial charge >= 0.3 is 0 Å². The van der Waals surface area contributed by atoms with E-state index in [1.54, 1.807) is 0 Å². The number of nitrogens with one attached hydrogen (secondary N) is 1. The maximum Gasteiger partial charge on any atom is 0.0522 e. The first kappa shape index (κ1) is 5.03. The van der Waals surface area contributed by atoms with Crippen LogP contribution in [0.5, 0.6) is 0 Å². The third-order valence-corrected chi connectivity index (χ3v) is 1.67. The van der Waals surface area contributed by atoms with Gasteiger partial charge in [-0.25, -0.2) is 0 Å². The van der Waals surface area contributed by atoms with Gasteiger partial charge in [-0.2, -0.15) is 5.10 Å². The van der Waals surface area contributed by atoms with Gasteiger partial charge < -0.3 is 0 Å². The number of hydrogen-bond donors (Lipinski definition) is 1. The zero-order chi connectivity index (χ0) is 6.10. The van der Waals surface area contributed by atoms with Crippen molar-refractivity contribution in [2.24, 2.45) is 0 Å². The number of hydrogen-bond acceptors (Lipinski definition) is 1. The number of H-pyrrole nitrogens is 1. The van der Waals surface area contributed by atoms with Crippen LogP contribution in [0, 0.1) is 6.42 Å². The summed E-state index contributed by atoms with van der Waals surface area (Å²) < 4.78 is 0. The predicted molar refractivity (Wildman–Crippen MR) is 33.9 cm³/mol. The molecule has 0 aliphatic heterocycles. The van der Waals surface area contributed by atoms with Crippen molar-refractivity contribution in [3.05, 3.63) is 23.9 Å². The molecule has 0 spiro atoms. The molecule has 2 nitrogen and oxygen atoms in total. The zero-order valence-corrected chi connectivity index (χ0v) is 5.15. The van der Waals surface area contributed by atoms with Gasteiger partial charge in [0.2, 0.25) is 0 Å². The SMILES string of the molecule is [C]1CCc2[nH]ncc2C1. The second-order valence-electron chi connectivity index (χ2n) is 2.30. The van der Waals surface area contributed by atoms with Crippen LogP contribution in [0.15, 0.2) is 6.20 Å². The van der Waals surface area contributed by atoms with E-state index in [2.05, 4.69) is 16.6 Å². The monoisotopic (exact) mass is 120 g/mol. The summed E-state index contributed by atoms with van der Waals surface area (Å²) in [6, 6.07) is 0. The number of nitrogens with zero attached hydrogens (tertiary/aromatic N) is 1. The molecule has 2 rings (SSSR count). The molecule has 1 heterocycles. The van der Waals surface area contributed by atoms with Crippen molar-refractivity contribution in [1.82, 2.24) is 10.2 Å². The van der Waals surface area contributed by atoms with E-state index in [-0.39, 0.29) is 0 Å². The number of rotatable bonds is 0. The van der Waals surface area contributed by atoms with Gasteiger partial charge in [0.15, 0.2) is 0 Å². The van der Waals surface area contributed by atoms with Crippen LogP contribution in [0.1, 0.15) is 17.7 Å². The van der Waals surface area contributed by atoms with E-state index in [0.29, 0.717) is 0 Å². The van der Waals surface area contributed by atoms with Crippen LogP contribution in [0.3, 0.4) is 0 Å². The van der Waals surface area contributed by atoms with E-state index in [9.17, 15) is 0 Å². The molecule has 0 fully saturated rings. The van der Waals surface area contributed by atoms with Crippen LogP contribution < -0.4 is 0 Å². The quantitative estimate of drug-likeness (QED) is 0.543. The lowest BCUT2D eigenvalue weighted by Gasteiger charge is -2.06. The van der Waals surface area contributed by atoms with Crippen molar-refractivity contribution in [2.45, 2.75) is 19.3 Å². The third kappa shape index (κ3) is 0.745. The maximum atomic E-state index is 3.94. The Hall–Kier alpha value is -0.790. The van der Waals surface area contributed by atoms with Crippen LogP contribution in [0.2, 0.25) is 0 Å². The van der Waals surface area contributed by atoms with Crippen LogP contribution in [0.4, 0.5) is 0 Å². The minimum absolute atomic E-state index is 0.978. The Labute approximate surface area is 54.3 Å². The number of aryl methyl sites for hydroxylation is 1. The Morgan fingerprint density at radius 1 is 1.67 bits per heavy atom. The van der Waals surface area contributed by atoms with Gasteiger partial charge in [0.05, 0.1) is 6.20 Å². The fourth-order valence-electron chi connectivity index (χ4n) is 1.14. The molecule has 0 saturated heterocycles. The summed E-state index contributed by atoms with van der Waals surface area (Å²) in [5.41, 5.74) is 2.62. The summed E-state index contributed by atoms with van der Waals surface area (Å²) in [7, 11) is 0. The molecule has 0 saturated carbocycles. The molecule has 0 amide bonds. The van der Waals surface area contributed by atoms with Crippen molar-refractivity contribution >= 4 is 0 Å². The lowest BCUT2D eigenvalue weighted by molar-refractivity contribution is 0.803. The fraction of sp³-hybridized carbons (Fsp3) is 0.429. The van der Waals surface area contributed by atoms with Crippen LogP contribution in [-0.4, -0.2) is 10.2 Å². The van der Waals surface area contributed by atoms with E-state index in [4.69, 9.17) is 0 Å². The molecule has 0 atom stereocenters. The minimum Gasteiger partial charge on any atom is -0.282 e. The number of fused-ring (bicyclic) bond motifs is 1. The molecule has 1 N–H and O–H groups in total. The van der Waals surface area contributed by atoms with E-state index >= 15 is 0 Å². The van der Waals surface area contributed by atoms with Crippen LogP contribution in [-0.2, 0) is 12.8 Å². The highest BCUT2D eigenvalue weighted by Gasteiger charge is 2.09. The van der Waals surface area contributed by atoms with E-state index < -0.39 is 0 Å². The first-order valence-corrected chi connectivity index (χ1v) is 3.18. The van der Waals surface area contributed by atoms with Gasteiger partial charge in [-0.3, -0.25) is 5.10 Å². The molecule has 0 bridgehead atoms. The molecule has 2 radical (unpaired) electrons. The Balaban J connectivity index is 2.39. The van der Waals surface area contributed by atoms with Gasteiger partial charge in [0, 0.05) is 5.69 Å². The summed E-state index contributed by atoms with van der Waals surface area (Å²) in [6.07, 6.45) is 8.31. The molecule has 0 aromatic carbocycles. The van der Waals surface area contributed by atoms with Crippen molar-refractivity contribution in [3.63, 3.8) is 0 Å². The van der Waals surface area contributed by atoms with E-state index in [0.717, 1.165) is 19.3 Å². The summed E-state index contributed by atoms with van der Waals surface area (Å²) in [5, 5.41) is 6.91. The molecule has 1 aliphatic carbocycles. The highest BCUT2D eigenvalue weighted by molar-refractivity contribution is 5.21. The second-order valence-corrected chi connectivity index (χ2v) is 2.30. The summed E-state index contributed by atoms with van der Waals surface area (Å²) >= 11 is 0. The molecule has 2 heteroatoms. The molecular formula is C7H8N2. The predicted octanol–water partition coefficient (Wildman–Crippen LogP) is 0.980. The highest BCUT2D eigenvalue weighted by atomic mass is 15.1. The summed E-state index contributed by atoms with van der Waals surface area (Å²) in [5.74, 6) is 0. The standard InChI is InChI=1S/C7H8N2/c1-2-4-7-6(3-1)5-8-9-7/h5H,2-4H2,(H,8,9). The van der Waals surface area contributed by atoms with Crippen molar-refractivity contribution in [2.75, 3.05) is 0 Å². The molecule has 1 aromatic rings. The number of aromatic nitrogens is 2. The Morgan fingerprint density at radius 2 is 2.67 bits per heavy atom. The number of aromatic amines is 1. The van der Waals surface area contributed by atoms with Gasteiger partial charge in [0.25, 0.3) is 0 Å². The summed E-state index contributed by atoms with van der Waals surface area (Å²) in [4.78, 5) is 0. The van der Waals surface area contributed by atoms with Gasteiger partial charge in [-0.15, -0.1) is 0 Å². The van der Waals surface area contributed by atoms with Crippen molar-refractivity contribution in [1.29, 1.82) is 0 Å². The second kappa shape index (κ2) is 1.87. The lowest BCUT2D eigenvalue weighted by Crippen LogP contribution is -2.00. The van der Waals surface area contributed by atoms with Crippen LogP contribution in [0.25, 0.3) is 0 Å². The Morgan fingerprint density at radius 3 is 3.56 bits per heavy atom. The van der Waals surface area contributed by atoms with E-state index in [1.165, 1.54) is 11.3 Å². The molecule has 1 aliphatic rings. The highest BCUT2D eigenvalue weighted by Crippen LogP contribution is 2.16. The van der Waals surface area contributed by atoms with Gasteiger partial charge in [0.1, 0.15) is 0 Å². The average molecular weight is 120 g/mol. The molecule has 46 valence electrons.